The zero-order valence-corrected chi connectivity index (χ0v) is 16.3. The minimum absolute atomic E-state index is 0.0183. The van der Waals surface area contributed by atoms with Crippen molar-refractivity contribution in [2.45, 2.75) is 11.6 Å². The molecule has 0 unspecified atom stereocenters. The van der Waals surface area contributed by atoms with Gasteiger partial charge in [-0.25, -0.2) is 0 Å². The number of H-pyrrole nitrogens is 1. The van der Waals surface area contributed by atoms with E-state index >= 15 is 0 Å². The summed E-state index contributed by atoms with van der Waals surface area (Å²) in [6.07, 6.45) is 0.348. The van der Waals surface area contributed by atoms with Crippen LogP contribution in [0.25, 0.3) is 5.78 Å². The summed E-state index contributed by atoms with van der Waals surface area (Å²) >= 11 is 1.22. The second-order valence-corrected chi connectivity index (χ2v) is 7.16. The number of hydrogen-bond acceptors (Lipinski definition) is 7. The number of Topliss-reactive ketones (excluding diaryl/α,β-unsaturated/α-hetero) is 1. The van der Waals surface area contributed by atoms with Gasteiger partial charge in [0.25, 0.3) is 11.3 Å². The predicted molar refractivity (Wildman–Crippen MR) is 109 cm³/mol. The lowest BCUT2D eigenvalue weighted by atomic mass is 10.1. The molecule has 2 heterocycles. The number of nitrogens with one attached hydrogen (secondary N) is 1. The van der Waals surface area contributed by atoms with Gasteiger partial charge < -0.3 is 4.74 Å². The molecule has 2 aromatic heterocycles. The molecule has 0 saturated carbocycles. The van der Waals surface area contributed by atoms with Gasteiger partial charge in [-0.3, -0.25) is 14.6 Å². The maximum absolute atomic E-state index is 12.3. The standard InChI is InChI=1S/C20H17N5O3S/c1-28-15-9-7-13(8-10-15)11-16-18(27)21-19-22-23-20(25(19)24-16)29-12-17(26)14-5-3-2-4-6-14/h2-10H,11-12H2,1H3,(H,21,22,27). The Morgan fingerprint density at radius 1 is 1.10 bits per heavy atom. The number of aromatic nitrogens is 5. The lowest BCUT2D eigenvalue weighted by Crippen LogP contribution is -2.19. The Labute approximate surface area is 169 Å². The Hall–Kier alpha value is -3.46. The minimum Gasteiger partial charge on any atom is -0.497 e. The van der Waals surface area contributed by atoms with Crippen LogP contribution in [-0.4, -0.2) is 43.4 Å². The van der Waals surface area contributed by atoms with E-state index in [2.05, 4.69) is 20.3 Å². The van der Waals surface area contributed by atoms with Crippen molar-refractivity contribution in [1.29, 1.82) is 0 Å². The van der Waals surface area contributed by atoms with Crippen molar-refractivity contribution in [3.63, 3.8) is 0 Å². The fourth-order valence-electron chi connectivity index (χ4n) is 2.75. The van der Waals surface area contributed by atoms with E-state index in [0.717, 1.165) is 11.3 Å². The van der Waals surface area contributed by atoms with E-state index in [4.69, 9.17) is 4.74 Å². The van der Waals surface area contributed by atoms with Gasteiger partial charge in [0.15, 0.2) is 5.78 Å². The van der Waals surface area contributed by atoms with Crippen molar-refractivity contribution >= 4 is 23.3 Å². The Balaban J connectivity index is 1.55. The number of carbonyl (C=O) groups excluding carboxylic acids is 1. The van der Waals surface area contributed by atoms with Crippen molar-refractivity contribution in [2.24, 2.45) is 0 Å². The van der Waals surface area contributed by atoms with Crippen LogP contribution in [0, 0.1) is 0 Å². The molecule has 2 aromatic carbocycles. The highest BCUT2D eigenvalue weighted by Gasteiger charge is 2.14. The van der Waals surface area contributed by atoms with E-state index < -0.39 is 0 Å². The molecule has 0 spiro atoms. The van der Waals surface area contributed by atoms with Gasteiger partial charge in [0.1, 0.15) is 11.4 Å². The predicted octanol–water partition coefficient (Wildman–Crippen LogP) is 2.39. The zero-order valence-electron chi connectivity index (χ0n) is 15.5. The molecule has 0 fully saturated rings. The van der Waals surface area contributed by atoms with Crippen LogP contribution in [0.2, 0.25) is 0 Å². The van der Waals surface area contributed by atoms with Crippen LogP contribution in [0.3, 0.4) is 0 Å². The number of benzene rings is 2. The molecule has 0 aliphatic heterocycles. The van der Waals surface area contributed by atoms with Gasteiger partial charge in [-0.2, -0.15) is 9.61 Å². The van der Waals surface area contributed by atoms with Crippen LogP contribution in [0.1, 0.15) is 21.6 Å². The van der Waals surface area contributed by atoms with E-state index in [1.807, 2.05) is 42.5 Å². The van der Waals surface area contributed by atoms with Gasteiger partial charge in [0, 0.05) is 12.0 Å². The maximum atomic E-state index is 12.3. The van der Waals surface area contributed by atoms with Gasteiger partial charge in [-0.05, 0) is 17.7 Å². The summed E-state index contributed by atoms with van der Waals surface area (Å²) < 4.78 is 6.61. The third-order valence-electron chi connectivity index (χ3n) is 4.28. The van der Waals surface area contributed by atoms with Crippen molar-refractivity contribution in [3.8, 4) is 5.75 Å². The molecular weight excluding hydrogens is 390 g/mol. The van der Waals surface area contributed by atoms with Crippen molar-refractivity contribution in [3.05, 3.63) is 81.8 Å². The second kappa shape index (κ2) is 8.27. The molecule has 4 rings (SSSR count). The van der Waals surface area contributed by atoms with E-state index in [-0.39, 0.29) is 22.9 Å². The highest BCUT2D eigenvalue weighted by atomic mass is 32.2. The number of hydrogen-bond donors (Lipinski definition) is 1. The number of fused-ring (bicyclic) bond motifs is 1. The Morgan fingerprint density at radius 2 is 1.86 bits per heavy atom. The van der Waals surface area contributed by atoms with Crippen LogP contribution < -0.4 is 10.3 Å². The smallest absolute Gasteiger partial charge is 0.274 e. The summed E-state index contributed by atoms with van der Waals surface area (Å²) in [6.45, 7) is 0. The van der Waals surface area contributed by atoms with Crippen LogP contribution in [0.5, 0.6) is 5.75 Å². The van der Waals surface area contributed by atoms with Crippen molar-refractivity contribution < 1.29 is 9.53 Å². The summed E-state index contributed by atoms with van der Waals surface area (Å²) in [7, 11) is 1.60. The fraction of sp³-hybridized carbons (Fsp3) is 0.150. The van der Waals surface area contributed by atoms with Crippen LogP contribution in [0.15, 0.2) is 64.5 Å². The van der Waals surface area contributed by atoms with Crippen molar-refractivity contribution in [1.82, 2.24) is 24.8 Å². The average molecular weight is 407 g/mol. The number of ketones is 1. The van der Waals surface area contributed by atoms with E-state index in [0.29, 0.717) is 22.8 Å². The Kier molecular flexibility index (Phi) is 5.39. The number of rotatable bonds is 7. The first-order chi connectivity index (χ1) is 14.1. The van der Waals surface area contributed by atoms with Gasteiger partial charge >= 0.3 is 0 Å². The molecule has 1 N–H and O–H groups in total. The SMILES string of the molecule is COc1ccc(Cc2nn3c(SCC(=O)c4ccccc4)nnc3[nH]c2=O)cc1. The van der Waals surface area contributed by atoms with Crippen LogP contribution in [0.4, 0.5) is 0 Å². The van der Waals surface area contributed by atoms with Gasteiger partial charge in [-0.15, -0.1) is 10.2 Å². The molecule has 8 nitrogen and oxygen atoms in total. The van der Waals surface area contributed by atoms with Gasteiger partial charge in [0.2, 0.25) is 5.16 Å². The number of methoxy groups -OCH3 is 1. The highest BCUT2D eigenvalue weighted by Crippen LogP contribution is 2.17. The molecular formula is C20H17N5O3S. The molecule has 0 aliphatic carbocycles. The Morgan fingerprint density at radius 3 is 2.59 bits per heavy atom. The normalized spacial score (nSPS) is 10.9. The second-order valence-electron chi connectivity index (χ2n) is 6.22. The monoisotopic (exact) mass is 407 g/mol. The molecule has 0 radical (unpaired) electrons. The molecule has 0 saturated heterocycles. The van der Waals surface area contributed by atoms with Gasteiger partial charge in [-0.1, -0.05) is 54.2 Å². The first-order valence-electron chi connectivity index (χ1n) is 8.82. The summed E-state index contributed by atoms with van der Waals surface area (Å²) in [4.78, 5) is 27.3. The summed E-state index contributed by atoms with van der Waals surface area (Å²) in [5, 5.41) is 12.8. The average Bonchev–Trinajstić information content (AvgIpc) is 3.15. The molecule has 0 aliphatic rings. The molecule has 4 aromatic rings. The largest absolute Gasteiger partial charge is 0.497 e. The maximum Gasteiger partial charge on any atom is 0.274 e. The number of aromatic amines is 1. The summed E-state index contributed by atoms with van der Waals surface area (Å²) in [6, 6.07) is 16.5. The molecule has 9 heteroatoms. The third kappa shape index (κ3) is 4.19. The lowest BCUT2D eigenvalue weighted by molar-refractivity contribution is 0.102. The number of nitrogens with zero attached hydrogens (tertiary/aromatic N) is 4. The molecule has 146 valence electrons. The lowest BCUT2D eigenvalue weighted by Gasteiger charge is -2.04. The highest BCUT2D eigenvalue weighted by molar-refractivity contribution is 7.99. The molecule has 29 heavy (non-hydrogen) atoms. The fourth-order valence-corrected chi connectivity index (χ4v) is 3.53. The van der Waals surface area contributed by atoms with Crippen molar-refractivity contribution in [2.75, 3.05) is 12.9 Å². The first-order valence-corrected chi connectivity index (χ1v) is 9.81. The van der Waals surface area contributed by atoms with E-state index in [1.54, 1.807) is 19.2 Å². The van der Waals surface area contributed by atoms with Crippen LogP contribution >= 0.6 is 11.8 Å². The molecule has 0 bridgehead atoms. The topological polar surface area (TPSA) is 102 Å². The van der Waals surface area contributed by atoms with E-state index in [9.17, 15) is 9.59 Å². The first kappa shape index (κ1) is 18.9. The van der Waals surface area contributed by atoms with E-state index in [1.165, 1.54) is 16.3 Å². The molecule has 0 atom stereocenters. The number of carbonyl (C=O) groups is 1. The number of ether oxygens (including phenoxy) is 1. The number of thioether (sulfide) groups is 1. The zero-order chi connectivity index (χ0) is 20.2. The Bertz CT molecular complexity index is 1200. The van der Waals surface area contributed by atoms with Gasteiger partial charge in [0.05, 0.1) is 12.9 Å². The van der Waals surface area contributed by atoms with Crippen LogP contribution in [-0.2, 0) is 6.42 Å². The minimum atomic E-state index is -0.322. The summed E-state index contributed by atoms with van der Waals surface area (Å²) in [5.41, 5.74) is 1.57. The quantitative estimate of drug-likeness (QED) is 0.371. The third-order valence-corrected chi connectivity index (χ3v) is 5.20. The molecule has 0 amide bonds. The summed E-state index contributed by atoms with van der Waals surface area (Å²) in [5.74, 6) is 1.16.